The fraction of sp³-hybridized carbons (Fsp3) is 0.0500. The molecule has 0 saturated heterocycles. The van der Waals surface area contributed by atoms with Crippen LogP contribution in [-0.2, 0) is 0 Å². The maximum Gasteiger partial charge on any atom is 0.387 e. The molecule has 140 valence electrons. The summed E-state index contributed by atoms with van der Waals surface area (Å²) >= 11 is 1.18. The first kappa shape index (κ1) is 18.0. The standard InChI is InChI=1S/C20H13F2N3O2S/c21-19(22)27-17-8-4-2-6-13(17)16-11-28-20(24-16)25-18(26)15-10-9-12-5-1-3-7-14(12)23-15/h1-11,19H,(H,24,25,26). The third kappa shape index (κ3) is 3.81. The van der Waals surface area contributed by atoms with Crippen LogP contribution in [0.5, 0.6) is 5.75 Å². The van der Waals surface area contributed by atoms with E-state index in [0.717, 1.165) is 5.39 Å². The number of pyridine rings is 1. The minimum atomic E-state index is -2.93. The van der Waals surface area contributed by atoms with Crippen LogP contribution in [0, 0.1) is 0 Å². The number of benzene rings is 2. The number of nitrogens with one attached hydrogen (secondary N) is 1. The average molecular weight is 397 g/mol. The molecular formula is C20H13F2N3O2S. The molecule has 28 heavy (non-hydrogen) atoms. The lowest BCUT2D eigenvalue weighted by molar-refractivity contribution is -0.0494. The summed E-state index contributed by atoms with van der Waals surface area (Å²) in [6, 6.07) is 17.3. The Morgan fingerprint density at radius 3 is 2.64 bits per heavy atom. The molecule has 1 N–H and O–H groups in total. The summed E-state index contributed by atoms with van der Waals surface area (Å²) in [5, 5.41) is 5.63. The van der Waals surface area contributed by atoms with Crippen LogP contribution >= 0.6 is 11.3 Å². The molecule has 2 aromatic heterocycles. The molecule has 0 atom stereocenters. The van der Waals surface area contributed by atoms with Gasteiger partial charge in [0, 0.05) is 16.3 Å². The highest BCUT2D eigenvalue weighted by atomic mass is 32.1. The van der Waals surface area contributed by atoms with E-state index in [4.69, 9.17) is 0 Å². The van der Waals surface area contributed by atoms with Gasteiger partial charge in [0.15, 0.2) is 5.13 Å². The highest BCUT2D eigenvalue weighted by Crippen LogP contribution is 2.33. The molecule has 0 radical (unpaired) electrons. The smallest absolute Gasteiger partial charge is 0.387 e. The Labute approximate surface area is 162 Å². The van der Waals surface area contributed by atoms with Crippen molar-refractivity contribution >= 4 is 33.3 Å². The summed E-state index contributed by atoms with van der Waals surface area (Å²) in [7, 11) is 0. The van der Waals surface area contributed by atoms with Gasteiger partial charge in [-0.15, -0.1) is 11.3 Å². The largest absolute Gasteiger partial charge is 0.434 e. The van der Waals surface area contributed by atoms with Gasteiger partial charge in [-0.2, -0.15) is 8.78 Å². The van der Waals surface area contributed by atoms with Crippen LogP contribution < -0.4 is 10.1 Å². The number of halogens is 2. The summed E-state index contributed by atoms with van der Waals surface area (Å²) in [4.78, 5) is 21.1. The predicted molar refractivity (Wildman–Crippen MR) is 104 cm³/mol. The first-order chi connectivity index (χ1) is 13.6. The zero-order valence-corrected chi connectivity index (χ0v) is 15.1. The maximum atomic E-state index is 12.6. The normalized spacial score (nSPS) is 11.0. The molecule has 0 aliphatic carbocycles. The molecule has 2 aromatic carbocycles. The van der Waals surface area contributed by atoms with Gasteiger partial charge >= 0.3 is 6.61 Å². The van der Waals surface area contributed by atoms with E-state index in [1.54, 1.807) is 29.6 Å². The third-order valence-corrected chi connectivity index (χ3v) is 4.69. The van der Waals surface area contributed by atoms with Crippen LogP contribution in [0.1, 0.15) is 10.5 Å². The van der Waals surface area contributed by atoms with Crippen molar-refractivity contribution in [2.45, 2.75) is 6.61 Å². The summed E-state index contributed by atoms with van der Waals surface area (Å²) in [6.45, 7) is -2.93. The highest BCUT2D eigenvalue weighted by Gasteiger charge is 2.15. The number of ether oxygens (including phenoxy) is 1. The number of carbonyl (C=O) groups is 1. The number of amides is 1. The van der Waals surface area contributed by atoms with Crippen molar-refractivity contribution in [1.29, 1.82) is 0 Å². The number of nitrogens with zero attached hydrogens (tertiary/aromatic N) is 2. The van der Waals surface area contributed by atoms with E-state index in [2.05, 4.69) is 20.0 Å². The lowest BCUT2D eigenvalue weighted by atomic mass is 10.1. The number of anilines is 1. The number of fused-ring (bicyclic) bond motifs is 1. The van der Waals surface area contributed by atoms with Crippen LogP contribution in [0.2, 0.25) is 0 Å². The topological polar surface area (TPSA) is 64.1 Å². The summed E-state index contributed by atoms with van der Waals surface area (Å²) in [5.41, 5.74) is 1.83. The van der Waals surface area contributed by atoms with Crippen molar-refractivity contribution in [2.24, 2.45) is 0 Å². The highest BCUT2D eigenvalue weighted by molar-refractivity contribution is 7.14. The molecule has 0 aliphatic rings. The van der Waals surface area contributed by atoms with Gasteiger partial charge in [-0.3, -0.25) is 10.1 Å². The fourth-order valence-electron chi connectivity index (χ4n) is 2.69. The van der Waals surface area contributed by atoms with Gasteiger partial charge in [0.2, 0.25) is 0 Å². The Morgan fingerprint density at radius 1 is 1.00 bits per heavy atom. The molecule has 4 aromatic rings. The number of hydrogen-bond acceptors (Lipinski definition) is 5. The second-order valence-corrected chi connectivity index (χ2v) is 6.61. The Hall–Kier alpha value is -3.39. The van der Waals surface area contributed by atoms with Crippen molar-refractivity contribution in [3.8, 4) is 17.0 Å². The number of carbonyl (C=O) groups excluding carboxylic acids is 1. The molecule has 1 amide bonds. The number of thiazole rings is 1. The van der Waals surface area contributed by atoms with Crippen LogP contribution in [0.3, 0.4) is 0 Å². The lowest BCUT2D eigenvalue weighted by Crippen LogP contribution is -2.13. The fourth-order valence-corrected chi connectivity index (χ4v) is 3.39. The van der Waals surface area contributed by atoms with Gasteiger partial charge in [0.1, 0.15) is 11.4 Å². The SMILES string of the molecule is O=C(Nc1nc(-c2ccccc2OC(F)F)cs1)c1ccc2ccccc2n1. The Bertz CT molecular complexity index is 1150. The summed E-state index contributed by atoms with van der Waals surface area (Å²) in [5.74, 6) is -0.374. The van der Waals surface area contributed by atoms with Gasteiger partial charge in [-0.05, 0) is 24.3 Å². The quantitative estimate of drug-likeness (QED) is 0.502. The van der Waals surface area contributed by atoms with Crippen molar-refractivity contribution < 1.29 is 18.3 Å². The van der Waals surface area contributed by atoms with E-state index in [1.807, 2.05) is 30.3 Å². The minimum absolute atomic E-state index is 0.0249. The Balaban J connectivity index is 1.55. The Kier molecular flexibility index (Phi) is 4.94. The molecule has 0 spiro atoms. The lowest BCUT2D eigenvalue weighted by Gasteiger charge is -2.08. The Morgan fingerprint density at radius 2 is 1.79 bits per heavy atom. The van der Waals surface area contributed by atoms with Crippen LogP contribution in [0.4, 0.5) is 13.9 Å². The second-order valence-electron chi connectivity index (χ2n) is 5.76. The molecular weight excluding hydrogens is 384 g/mol. The van der Waals surface area contributed by atoms with E-state index in [9.17, 15) is 13.6 Å². The molecule has 0 aliphatic heterocycles. The zero-order valence-electron chi connectivity index (χ0n) is 14.3. The van der Waals surface area contributed by atoms with Crippen LogP contribution in [-0.4, -0.2) is 22.5 Å². The van der Waals surface area contributed by atoms with Crippen molar-refractivity contribution in [1.82, 2.24) is 9.97 Å². The monoisotopic (exact) mass is 397 g/mol. The van der Waals surface area contributed by atoms with Gasteiger partial charge in [-0.25, -0.2) is 9.97 Å². The number of alkyl halides is 2. The van der Waals surface area contributed by atoms with Crippen LogP contribution in [0.15, 0.2) is 66.0 Å². The van der Waals surface area contributed by atoms with Gasteiger partial charge in [0.05, 0.1) is 11.2 Å². The average Bonchev–Trinajstić information content (AvgIpc) is 3.15. The number of para-hydroxylation sites is 2. The molecule has 0 saturated carbocycles. The van der Waals surface area contributed by atoms with E-state index in [-0.39, 0.29) is 11.4 Å². The summed E-state index contributed by atoms with van der Waals surface area (Å²) in [6.07, 6.45) is 0. The number of aromatic nitrogens is 2. The number of hydrogen-bond donors (Lipinski definition) is 1. The van der Waals surface area contributed by atoms with E-state index < -0.39 is 12.5 Å². The van der Waals surface area contributed by atoms with E-state index in [1.165, 1.54) is 17.4 Å². The second kappa shape index (κ2) is 7.69. The van der Waals surface area contributed by atoms with E-state index in [0.29, 0.717) is 21.9 Å². The third-order valence-electron chi connectivity index (χ3n) is 3.93. The van der Waals surface area contributed by atoms with Gasteiger partial charge in [-0.1, -0.05) is 36.4 Å². The van der Waals surface area contributed by atoms with E-state index >= 15 is 0 Å². The molecule has 8 heteroatoms. The first-order valence-electron chi connectivity index (χ1n) is 8.27. The molecule has 0 bridgehead atoms. The van der Waals surface area contributed by atoms with Crippen molar-refractivity contribution in [3.63, 3.8) is 0 Å². The molecule has 5 nitrogen and oxygen atoms in total. The number of rotatable bonds is 5. The predicted octanol–water partition coefficient (Wildman–Crippen LogP) is 5.21. The summed E-state index contributed by atoms with van der Waals surface area (Å²) < 4.78 is 29.7. The van der Waals surface area contributed by atoms with Crippen molar-refractivity contribution in [3.05, 3.63) is 71.7 Å². The molecule has 4 rings (SSSR count). The maximum absolute atomic E-state index is 12.6. The van der Waals surface area contributed by atoms with Gasteiger partial charge < -0.3 is 4.74 Å². The van der Waals surface area contributed by atoms with Crippen molar-refractivity contribution in [2.75, 3.05) is 5.32 Å². The van der Waals surface area contributed by atoms with Crippen LogP contribution in [0.25, 0.3) is 22.2 Å². The van der Waals surface area contributed by atoms with Gasteiger partial charge in [0.25, 0.3) is 5.91 Å². The first-order valence-corrected chi connectivity index (χ1v) is 9.15. The zero-order chi connectivity index (χ0) is 19.5. The molecule has 2 heterocycles. The minimum Gasteiger partial charge on any atom is -0.434 e. The molecule has 0 fully saturated rings. The molecule has 0 unspecified atom stereocenters.